The number of hydrogen-bond donors (Lipinski definition) is 1. The summed E-state index contributed by atoms with van der Waals surface area (Å²) in [7, 11) is -3.47. The Kier molecular flexibility index (Phi) is 4.83. The standard InChI is InChI=1S/C17H23NO5S/c1-12-2-4-15(17(19)20)11-18(12)24(21,22)9-7-13-3-5-16-14(10-13)6-8-23-16/h3,5,10,12,15H,2,4,6-9,11H2,1H3,(H,19,20). The van der Waals surface area contributed by atoms with Gasteiger partial charge in [0, 0.05) is 19.0 Å². The molecule has 2 aliphatic rings. The lowest BCUT2D eigenvalue weighted by Gasteiger charge is -2.35. The number of piperidine rings is 1. The second kappa shape index (κ2) is 6.72. The monoisotopic (exact) mass is 353 g/mol. The number of carboxylic acids is 1. The van der Waals surface area contributed by atoms with Crippen LogP contribution < -0.4 is 4.74 Å². The minimum absolute atomic E-state index is 0.00330. The minimum Gasteiger partial charge on any atom is -0.493 e. The van der Waals surface area contributed by atoms with Crippen LogP contribution in [0.5, 0.6) is 5.75 Å². The third-order valence-corrected chi connectivity index (χ3v) is 6.88. The lowest BCUT2D eigenvalue weighted by atomic mass is 9.96. The molecule has 0 spiro atoms. The number of hydrogen-bond acceptors (Lipinski definition) is 4. The number of aryl methyl sites for hydroxylation is 1. The van der Waals surface area contributed by atoms with Gasteiger partial charge < -0.3 is 9.84 Å². The fourth-order valence-corrected chi connectivity index (χ4v) is 5.21. The number of sulfonamides is 1. The summed E-state index contributed by atoms with van der Waals surface area (Å²) < 4.78 is 32.2. The van der Waals surface area contributed by atoms with Gasteiger partial charge in [-0.15, -0.1) is 0 Å². The zero-order chi connectivity index (χ0) is 17.3. The molecule has 0 radical (unpaired) electrons. The van der Waals surface area contributed by atoms with Crippen molar-refractivity contribution >= 4 is 16.0 Å². The topological polar surface area (TPSA) is 83.9 Å². The zero-order valence-electron chi connectivity index (χ0n) is 13.8. The summed E-state index contributed by atoms with van der Waals surface area (Å²) in [6.07, 6.45) is 2.41. The molecule has 2 aliphatic heterocycles. The summed E-state index contributed by atoms with van der Waals surface area (Å²) in [6.45, 7) is 2.61. The highest BCUT2D eigenvalue weighted by Gasteiger charge is 2.36. The molecule has 0 aromatic heterocycles. The molecule has 0 saturated carbocycles. The number of carbonyl (C=O) groups is 1. The van der Waals surface area contributed by atoms with Crippen LogP contribution in [0.4, 0.5) is 0 Å². The lowest BCUT2D eigenvalue weighted by Crippen LogP contribution is -2.48. The maximum Gasteiger partial charge on any atom is 0.307 e. The lowest BCUT2D eigenvalue weighted by molar-refractivity contribution is -0.143. The third-order valence-electron chi connectivity index (χ3n) is 4.93. The molecule has 1 fully saturated rings. The third kappa shape index (κ3) is 3.57. The van der Waals surface area contributed by atoms with E-state index in [9.17, 15) is 18.3 Å². The maximum atomic E-state index is 12.7. The van der Waals surface area contributed by atoms with Crippen LogP contribution in [-0.4, -0.2) is 48.7 Å². The number of fused-ring (bicyclic) bond motifs is 1. The Morgan fingerprint density at radius 3 is 2.92 bits per heavy atom. The number of rotatable bonds is 5. The van der Waals surface area contributed by atoms with Gasteiger partial charge in [-0.1, -0.05) is 12.1 Å². The second-order valence-electron chi connectivity index (χ2n) is 6.64. The van der Waals surface area contributed by atoms with Crippen LogP contribution >= 0.6 is 0 Å². The van der Waals surface area contributed by atoms with Crippen LogP contribution in [-0.2, 0) is 27.7 Å². The number of carboxylic acid groups (broad SMARTS) is 1. The van der Waals surface area contributed by atoms with Crippen molar-refractivity contribution in [3.8, 4) is 5.75 Å². The highest BCUT2D eigenvalue weighted by atomic mass is 32.2. The quantitative estimate of drug-likeness (QED) is 0.871. The first-order chi connectivity index (χ1) is 11.4. The van der Waals surface area contributed by atoms with Crippen LogP contribution in [0, 0.1) is 5.92 Å². The van der Waals surface area contributed by atoms with E-state index in [0.29, 0.717) is 25.9 Å². The Morgan fingerprint density at radius 1 is 1.38 bits per heavy atom. The number of aliphatic carboxylic acids is 1. The second-order valence-corrected chi connectivity index (χ2v) is 8.68. The fraction of sp³-hybridized carbons (Fsp3) is 0.588. The first-order valence-electron chi connectivity index (χ1n) is 8.34. The van der Waals surface area contributed by atoms with E-state index in [2.05, 4.69) is 0 Å². The summed E-state index contributed by atoms with van der Waals surface area (Å²) in [5.74, 6) is -0.632. The largest absolute Gasteiger partial charge is 0.493 e. The van der Waals surface area contributed by atoms with Gasteiger partial charge in [-0.2, -0.15) is 4.31 Å². The molecular weight excluding hydrogens is 330 g/mol. The highest BCUT2D eigenvalue weighted by Crippen LogP contribution is 2.28. The molecule has 24 heavy (non-hydrogen) atoms. The summed E-state index contributed by atoms with van der Waals surface area (Å²) >= 11 is 0. The van der Waals surface area contributed by atoms with E-state index in [1.807, 2.05) is 25.1 Å². The number of benzene rings is 1. The minimum atomic E-state index is -3.47. The van der Waals surface area contributed by atoms with Crippen molar-refractivity contribution in [1.82, 2.24) is 4.31 Å². The molecule has 0 aliphatic carbocycles. The molecule has 3 rings (SSSR count). The fourth-order valence-electron chi connectivity index (χ4n) is 3.42. The smallest absolute Gasteiger partial charge is 0.307 e. The Morgan fingerprint density at radius 2 is 2.17 bits per heavy atom. The molecular formula is C17H23NO5S. The van der Waals surface area contributed by atoms with Crippen molar-refractivity contribution in [1.29, 1.82) is 0 Å². The van der Waals surface area contributed by atoms with Gasteiger partial charge in [-0.3, -0.25) is 4.79 Å². The van der Waals surface area contributed by atoms with E-state index in [1.165, 1.54) is 4.31 Å². The van der Waals surface area contributed by atoms with Gasteiger partial charge in [0.15, 0.2) is 0 Å². The molecule has 1 aromatic rings. The van der Waals surface area contributed by atoms with Crippen LogP contribution in [0.3, 0.4) is 0 Å². The van der Waals surface area contributed by atoms with Gasteiger partial charge in [0.2, 0.25) is 10.0 Å². The zero-order valence-corrected chi connectivity index (χ0v) is 14.6. The summed E-state index contributed by atoms with van der Waals surface area (Å²) in [5, 5.41) is 9.17. The highest BCUT2D eigenvalue weighted by molar-refractivity contribution is 7.89. The maximum absolute atomic E-state index is 12.7. The van der Waals surface area contributed by atoms with E-state index < -0.39 is 21.9 Å². The summed E-state index contributed by atoms with van der Waals surface area (Å²) in [5.41, 5.74) is 2.10. The Balaban J connectivity index is 1.67. The van der Waals surface area contributed by atoms with Gasteiger partial charge in [-0.25, -0.2) is 8.42 Å². The average Bonchev–Trinajstić information content (AvgIpc) is 3.00. The Hall–Kier alpha value is -1.60. The van der Waals surface area contributed by atoms with E-state index in [-0.39, 0.29) is 18.3 Å². The molecule has 132 valence electrons. The number of nitrogens with zero attached hydrogens (tertiary/aromatic N) is 1. The Labute approximate surface area is 142 Å². The molecule has 2 unspecified atom stereocenters. The van der Waals surface area contributed by atoms with Crippen molar-refractivity contribution in [2.24, 2.45) is 5.92 Å². The average molecular weight is 353 g/mol. The normalized spacial score (nSPS) is 24.4. The molecule has 1 saturated heterocycles. The summed E-state index contributed by atoms with van der Waals surface area (Å²) in [4.78, 5) is 11.2. The van der Waals surface area contributed by atoms with Crippen molar-refractivity contribution < 1.29 is 23.1 Å². The van der Waals surface area contributed by atoms with Crippen molar-refractivity contribution in [3.05, 3.63) is 29.3 Å². The molecule has 1 N–H and O–H groups in total. The van der Waals surface area contributed by atoms with Gasteiger partial charge in [0.05, 0.1) is 18.3 Å². The first-order valence-corrected chi connectivity index (χ1v) is 9.94. The van der Waals surface area contributed by atoms with Crippen LogP contribution in [0.2, 0.25) is 0 Å². The Bertz CT molecular complexity index is 730. The van der Waals surface area contributed by atoms with Crippen molar-refractivity contribution in [2.45, 2.75) is 38.6 Å². The van der Waals surface area contributed by atoms with Gasteiger partial charge in [-0.05, 0) is 43.4 Å². The molecule has 2 atom stereocenters. The van der Waals surface area contributed by atoms with Crippen molar-refractivity contribution in [3.63, 3.8) is 0 Å². The molecule has 2 heterocycles. The molecule has 7 heteroatoms. The first kappa shape index (κ1) is 17.2. The molecule has 0 amide bonds. The van der Waals surface area contributed by atoms with E-state index in [1.54, 1.807) is 0 Å². The van der Waals surface area contributed by atoms with Gasteiger partial charge in [0.25, 0.3) is 0 Å². The molecule has 0 bridgehead atoms. The van der Waals surface area contributed by atoms with Gasteiger partial charge >= 0.3 is 5.97 Å². The number of ether oxygens (including phenoxy) is 1. The van der Waals surface area contributed by atoms with Gasteiger partial charge in [0.1, 0.15) is 5.75 Å². The predicted octanol–water partition coefficient (Wildman–Crippen LogP) is 1.68. The predicted molar refractivity (Wildman–Crippen MR) is 89.7 cm³/mol. The van der Waals surface area contributed by atoms with E-state index >= 15 is 0 Å². The van der Waals surface area contributed by atoms with E-state index in [4.69, 9.17) is 4.74 Å². The SMILES string of the molecule is CC1CCC(C(=O)O)CN1S(=O)(=O)CCc1ccc2c(c1)CCO2. The van der Waals surface area contributed by atoms with E-state index in [0.717, 1.165) is 23.3 Å². The van der Waals surface area contributed by atoms with Crippen LogP contribution in [0.25, 0.3) is 0 Å². The van der Waals surface area contributed by atoms with Crippen molar-refractivity contribution in [2.75, 3.05) is 18.9 Å². The molecule has 6 nitrogen and oxygen atoms in total. The summed E-state index contributed by atoms with van der Waals surface area (Å²) in [6, 6.07) is 5.67. The van der Waals surface area contributed by atoms with Crippen LogP contribution in [0.1, 0.15) is 30.9 Å². The van der Waals surface area contributed by atoms with Crippen LogP contribution in [0.15, 0.2) is 18.2 Å². The molecule has 1 aromatic carbocycles.